The molecule has 1 aromatic heterocycles. The van der Waals surface area contributed by atoms with Crippen LogP contribution in [0.3, 0.4) is 0 Å². The van der Waals surface area contributed by atoms with Crippen LogP contribution in [0.1, 0.15) is 32.8 Å². The number of likely N-dealkylation sites (N-methyl/N-ethyl adjacent to an activating group) is 1. The maximum atomic E-state index is 12.2. The van der Waals surface area contributed by atoms with Gasteiger partial charge in [-0.25, -0.2) is 0 Å². The van der Waals surface area contributed by atoms with E-state index in [2.05, 4.69) is 36.4 Å². The van der Waals surface area contributed by atoms with Gasteiger partial charge in [0.05, 0.1) is 16.1 Å². The molecule has 0 fully saturated rings. The van der Waals surface area contributed by atoms with Gasteiger partial charge in [-0.1, -0.05) is 44.0 Å². The summed E-state index contributed by atoms with van der Waals surface area (Å²) in [5.41, 5.74) is 0.749. The van der Waals surface area contributed by atoms with E-state index in [-0.39, 0.29) is 17.4 Å². The normalized spacial score (nSPS) is 13.1. The Labute approximate surface area is 130 Å². The van der Waals surface area contributed by atoms with Crippen molar-refractivity contribution in [2.75, 3.05) is 7.05 Å². The third-order valence-electron chi connectivity index (χ3n) is 2.87. The summed E-state index contributed by atoms with van der Waals surface area (Å²) in [4.78, 5) is 16.1. The molecule has 0 saturated heterocycles. The molecule has 1 heterocycles. The van der Waals surface area contributed by atoms with Crippen LogP contribution in [0.25, 0.3) is 0 Å². The molecular weight excluding hydrogens is 297 g/mol. The molecule has 0 aliphatic heterocycles. The second kappa shape index (κ2) is 7.25. The fourth-order valence-corrected chi connectivity index (χ4v) is 2.34. The van der Waals surface area contributed by atoms with Gasteiger partial charge in [0.2, 0.25) is 5.91 Å². The van der Waals surface area contributed by atoms with Gasteiger partial charge in [0.25, 0.3) is 0 Å². The molecule has 20 heavy (non-hydrogen) atoms. The van der Waals surface area contributed by atoms with Crippen molar-refractivity contribution in [2.45, 2.75) is 39.8 Å². The third-order valence-corrected chi connectivity index (χ3v) is 3.52. The Balaban J connectivity index is 2.66. The summed E-state index contributed by atoms with van der Waals surface area (Å²) >= 11 is 12.0. The lowest BCUT2D eigenvalue weighted by molar-refractivity contribution is -0.123. The Morgan fingerprint density at radius 3 is 2.30 bits per heavy atom. The first-order valence-electron chi connectivity index (χ1n) is 6.47. The molecule has 0 aliphatic rings. The third kappa shape index (κ3) is 5.27. The van der Waals surface area contributed by atoms with Crippen molar-refractivity contribution in [1.29, 1.82) is 0 Å². The van der Waals surface area contributed by atoms with E-state index in [4.69, 9.17) is 23.2 Å². The Hall–Kier alpha value is -0.840. The van der Waals surface area contributed by atoms with Crippen molar-refractivity contribution >= 4 is 29.1 Å². The van der Waals surface area contributed by atoms with E-state index in [1.807, 2.05) is 0 Å². The first kappa shape index (κ1) is 17.2. The first-order valence-corrected chi connectivity index (χ1v) is 7.23. The van der Waals surface area contributed by atoms with Crippen LogP contribution in [-0.4, -0.2) is 24.0 Å². The summed E-state index contributed by atoms with van der Waals surface area (Å²) in [5, 5.41) is 6.80. The number of hydrogen-bond donors (Lipinski definition) is 2. The van der Waals surface area contributed by atoms with Gasteiger partial charge in [-0.05, 0) is 18.9 Å². The largest absolute Gasteiger partial charge is 0.351 e. The summed E-state index contributed by atoms with van der Waals surface area (Å²) in [5.74, 6) is -0.0635. The Kier molecular flexibility index (Phi) is 6.24. The zero-order chi connectivity index (χ0) is 15.3. The quantitative estimate of drug-likeness (QED) is 0.877. The molecule has 4 nitrogen and oxygen atoms in total. The highest BCUT2D eigenvalue weighted by atomic mass is 35.5. The van der Waals surface area contributed by atoms with Gasteiger partial charge in [-0.2, -0.15) is 0 Å². The van der Waals surface area contributed by atoms with E-state index in [0.717, 1.165) is 6.42 Å². The van der Waals surface area contributed by atoms with Gasteiger partial charge in [0.1, 0.15) is 0 Å². The highest BCUT2D eigenvalue weighted by Crippen LogP contribution is 2.23. The molecule has 0 aliphatic carbocycles. The number of carbonyl (C=O) groups excluding carboxylic acids is 1. The molecule has 0 saturated carbocycles. The van der Waals surface area contributed by atoms with Gasteiger partial charge in [-0.3, -0.25) is 9.78 Å². The minimum absolute atomic E-state index is 0.0635. The van der Waals surface area contributed by atoms with Crippen molar-refractivity contribution in [3.63, 3.8) is 0 Å². The molecule has 2 N–H and O–H groups in total. The summed E-state index contributed by atoms with van der Waals surface area (Å²) in [6.07, 6.45) is 3.77. The molecule has 112 valence electrons. The molecule has 0 aromatic carbocycles. The molecule has 1 atom stereocenters. The lowest BCUT2D eigenvalue weighted by atomic mass is 9.88. The smallest absolute Gasteiger partial charge is 0.237 e. The molecule has 1 amide bonds. The van der Waals surface area contributed by atoms with Crippen LogP contribution in [0.2, 0.25) is 10.0 Å². The molecule has 0 spiro atoms. The average molecular weight is 318 g/mol. The number of nitrogens with zero attached hydrogens (tertiary/aromatic N) is 1. The highest BCUT2D eigenvalue weighted by molar-refractivity contribution is 6.35. The van der Waals surface area contributed by atoms with E-state index in [9.17, 15) is 4.79 Å². The van der Waals surface area contributed by atoms with Crippen LogP contribution in [0.15, 0.2) is 12.4 Å². The van der Waals surface area contributed by atoms with Gasteiger partial charge < -0.3 is 10.6 Å². The monoisotopic (exact) mass is 317 g/mol. The maximum absolute atomic E-state index is 12.2. The molecule has 1 unspecified atom stereocenters. The van der Waals surface area contributed by atoms with Gasteiger partial charge >= 0.3 is 0 Å². The molecule has 0 bridgehead atoms. The van der Waals surface area contributed by atoms with Crippen molar-refractivity contribution in [3.05, 3.63) is 28.0 Å². The summed E-state index contributed by atoms with van der Waals surface area (Å²) in [7, 11) is 1.78. The zero-order valence-corrected chi connectivity index (χ0v) is 13.8. The predicted molar refractivity (Wildman–Crippen MR) is 83.0 cm³/mol. The number of halogens is 2. The van der Waals surface area contributed by atoms with Crippen LogP contribution in [-0.2, 0) is 11.3 Å². The van der Waals surface area contributed by atoms with Gasteiger partial charge in [0.15, 0.2) is 0 Å². The highest BCUT2D eigenvalue weighted by Gasteiger charge is 2.23. The summed E-state index contributed by atoms with van der Waals surface area (Å²) in [6.45, 7) is 6.59. The maximum Gasteiger partial charge on any atom is 0.237 e. The second-order valence-corrected chi connectivity index (χ2v) is 6.72. The molecule has 1 aromatic rings. The predicted octanol–water partition coefficient (Wildman–Crippen LogP) is 3.03. The zero-order valence-electron chi connectivity index (χ0n) is 12.3. The lowest BCUT2D eigenvalue weighted by Gasteiger charge is -2.25. The van der Waals surface area contributed by atoms with Crippen LogP contribution >= 0.6 is 23.2 Å². The van der Waals surface area contributed by atoms with Crippen LogP contribution in [0, 0.1) is 5.41 Å². The minimum Gasteiger partial charge on any atom is -0.351 e. The van der Waals surface area contributed by atoms with E-state index in [1.165, 1.54) is 12.4 Å². The van der Waals surface area contributed by atoms with Crippen molar-refractivity contribution in [2.24, 2.45) is 5.41 Å². The molecular formula is C14H21Cl2N3O. The Morgan fingerprint density at radius 1 is 1.30 bits per heavy atom. The SMILES string of the molecule is CNC(CC(C)(C)C)C(=O)NCc1c(Cl)cncc1Cl. The number of pyridine rings is 1. The summed E-state index contributed by atoms with van der Waals surface area (Å²) < 4.78 is 0. The van der Waals surface area contributed by atoms with E-state index >= 15 is 0 Å². The van der Waals surface area contributed by atoms with E-state index < -0.39 is 0 Å². The van der Waals surface area contributed by atoms with Crippen LogP contribution in [0.5, 0.6) is 0 Å². The number of rotatable bonds is 5. The first-order chi connectivity index (χ1) is 9.24. The van der Waals surface area contributed by atoms with Crippen LogP contribution < -0.4 is 10.6 Å². The molecule has 0 radical (unpaired) electrons. The fraction of sp³-hybridized carbons (Fsp3) is 0.571. The van der Waals surface area contributed by atoms with Gasteiger partial charge in [-0.15, -0.1) is 0 Å². The summed E-state index contributed by atoms with van der Waals surface area (Å²) in [6, 6.07) is -0.241. The molecule has 1 rings (SSSR count). The Morgan fingerprint density at radius 2 is 1.85 bits per heavy atom. The van der Waals surface area contributed by atoms with E-state index in [0.29, 0.717) is 22.2 Å². The number of hydrogen-bond acceptors (Lipinski definition) is 3. The number of nitrogens with one attached hydrogen (secondary N) is 2. The second-order valence-electron chi connectivity index (χ2n) is 5.91. The Bertz CT molecular complexity index is 452. The minimum atomic E-state index is -0.241. The molecule has 6 heteroatoms. The topological polar surface area (TPSA) is 54.0 Å². The number of carbonyl (C=O) groups is 1. The van der Waals surface area contributed by atoms with Crippen molar-refractivity contribution in [1.82, 2.24) is 15.6 Å². The fourth-order valence-electron chi connectivity index (χ4n) is 1.84. The van der Waals surface area contributed by atoms with Crippen LogP contribution in [0.4, 0.5) is 0 Å². The standard InChI is InChI=1S/C14H21Cl2N3O/c1-14(2,3)5-12(17-4)13(20)19-6-9-10(15)7-18-8-11(9)16/h7-8,12,17H,5-6H2,1-4H3,(H,19,20). The average Bonchev–Trinajstić information content (AvgIpc) is 2.34. The van der Waals surface area contributed by atoms with E-state index in [1.54, 1.807) is 7.05 Å². The van der Waals surface area contributed by atoms with Crippen molar-refractivity contribution < 1.29 is 4.79 Å². The lowest BCUT2D eigenvalue weighted by Crippen LogP contribution is -2.44. The number of amides is 1. The van der Waals surface area contributed by atoms with Crippen molar-refractivity contribution in [3.8, 4) is 0 Å². The number of aromatic nitrogens is 1. The van der Waals surface area contributed by atoms with Gasteiger partial charge in [0, 0.05) is 24.5 Å².